The van der Waals surface area contributed by atoms with Crippen LogP contribution in [0.15, 0.2) is 40.9 Å². The van der Waals surface area contributed by atoms with Gasteiger partial charge in [0.25, 0.3) is 5.91 Å². The lowest BCUT2D eigenvalue weighted by Gasteiger charge is -2.14. The molecule has 25 heavy (non-hydrogen) atoms. The molecule has 0 heterocycles. The minimum absolute atomic E-state index is 0.0141. The highest BCUT2D eigenvalue weighted by molar-refractivity contribution is 9.10. The van der Waals surface area contributed by atoms with Gasteiger partial charge in [-0.2, -0.15) is 0 Å². The number of carbonyl (C=O) groups excluding carboxylic acids is 1. The molecule has 0 unspecified atom stereocenters. The van der Waals surface area contributed by atoms with Crippen LogP contribution in [0.25, 0.3) is 0 Å². The molecule has 0 aliphatic rings. The van der Waals surface area contributed by atoms with Crippen molar-refractivity contribution in [2.75, 3.05) is 5.32 Å². The summed E-state index contributed by atoms with van der Waals surface area (Å²) in [5.41, 5.74) is 0.754. The lowest BCUT2D eigenvalue weighted by Crippen LogP contribution is -2.15. The lowest BCUT2D eigenvalue weighted by atomic mass is 10.1. The van der Waals surface area contributed by atoms with Crippen molar-refractivity contribution in [2.45, 2.75) is 26.4 Å². The van der Waals surface area contributed by atoms with E-state index >= 15 is 0 Å². The van der Waals surface area contributed by atoms with Crippen LogP contribution in [0, 0.1) is 11.6 Å². The van der Waals surface area contributed by atoms with Gasteiger partial charge in [0.1, 0.15) is 11.6 Å². The third-order valence-corrected chi connectivity index (χ3v) is 4.15. The highest BCUT2D eigenvalue weighted by atomic mass is 79.9. The van der Waals surface area contributed by atoms with E-state index in [0.29, 0.717) is 15.1 Å². The Labute approximate surface area is 158 Å². The zero-order valence-corrected chi connectivity index (χ0v) is 16.0. The van der Waals surface area contributed by atoms with Crippen LogP contribution in [0.4, 0.5) is 14.5 Å². The van der Waals surface area contributed by atoms with E-state index < -0.39 is 17.5 Å². The predicted octanol–water partition coefficient (Wildman–Crippen LogP) is 5.27. The normalized spacial score (nSPS) is 10.6. The van der Waals surface area contributed by atoms with Crippen molar-refractivity contribution in [1.82, 2.24) is 0 Å². The Balaban J connectivity index is 2.22. The standard InChI is InChI=1S/C18H16BrF2NO2S/c1-10(2)24-17(25)8-12-7-16(15(21)9-14(12)19)22-18(23)11-4-3-5-13(20)6-11/h3-7,9-10H,8H2,1-2H3,(H,22,23). The van der Waals surface area contributed by atoms with E-state index in [0.717, 1.165) is 6.07 Å². The van der Waals surface area contributed by atoms with Crippen molar-refractivity contribution in [3.63, 3.8) is 0 Å². The molecular weight excluding hydrogens is 412 g/mol. The number of rotatable bonds is 5. The van der Waals surface area contributed by atoms with Gasteiger partial charge in [0.2, 0.25) is 0 Å². The number of ether oxygens (including phenoxy) is 1. The maximum Gasteiger partial charge on any atom is 0.255 e. The SMILES string of the molecule is CC(C)OC(=S)Cc1cc(NC(=O)c2cccc(F)c2)c(F)cc1Br. The zero-order chi connectivity index (χ0) is 18.6. The first-order valence-electron chi connectivity index (χ1n) is 7.50. The van der Waals surface area contributed by atoms with Crippen molar-refractivity contribution in [2.24, 2.45) is 0 Å². The second-order valence-electron chi connectivity index (χ2n) is 5.60. The summed E-state index contributed by atoms with van der Waals surface area (Å²) in [5, 5.41) is 2.82. The van der Waals surface area contributed by atoms with Crippen LogP contribution in [0.5, 0.6) is 0 Å². The Morgan fingerprint density at radius 2 is 2.00 bits per heavy atom. The molecule has 3 nitrogen and oxygen atoms in total. The number of carbonyl (C=O) groups is 1. The van der Waals surface area contributed by atoms with E-state index in [2.05, 4.69) is 21.2 Å². The van der Waals surface area contributed by atoms with Crippen molar-refractivity contribution in [3.05, 3.63) is 63.6 Å². The second-order valence-corrected chi connectivity index (χ2v) is 6.91. The molecule has 2 rings (SSSR count). The molecule has 0 spiro atoms. The van der Waals surface area contributed by atoms with Gasteiger partial charge in [0.05, 0.1) is 11.8 Å². The molecular formula is C18H16BrF2NO2S. The summed E-state index contributed by atoms with van der Waals surface area (Å²) in [6.07, 6.45) is 0.232. The molecule has 0 fully saturated rings. The molecule has 0 saturated heterocycles. The highest BCUT2D eigenvalue weighted by Crippen LogP contribution is 2.26. The van der Waals surface area contributed by atoms with Crippen molar-refractivity contribution >= 4 is 44.8 Å². The molecule has 1 amide bonds. The monoisotopic (exact) mass is 427 g/mol. The fourth-order valence-electron chi connectivity index (χ4n) is 2.11. The number of amides is 1. The molecule has 2 aromatic rings. The van der Waals surface area contributed by atoms with Gasteiger partial charge in [-0.15, -0.1) is 0 Å². The Kier molecular flexibility index (Phi) is 6.61. The van der Waals surface area contributed by atoms with Gasteiger partial charge in [0.15, 0.2) is 5.05 Å². The first kappa shape index (κ1) is 19.5. The fraction of sp³-hybridized carbons (Fsp3) is 0.222. The Bertz CT molecular complexity index is 812. The molecule has 0 radical (unpaired) electrons. The Hall–Kier alpha value is -1.86. The van der Waals surface area contributed by atoms with E-state index in [1.165, 1.54) is 30.3 Å². The van der Waals surface area contributed by atoms with Crippen molar-refractivity contribution < 1.29 is 18.3 Å². The number of thiocarbonyl (C=S) groups is 1. The van der Waals surface area contributed by atoms with Crippen LogP contribution in [0.2, 0.25) is 0 Å². The van der Waals surface area contributed by atoms with Gasteiger partial charge in [-0.25, -0.2) is 8.78 Å². The average Bonchev–Trinajstić information content (AvgIpc) is 2.51. The molecule has 1 N–H and O–H groups in total. The summed E-state index contributed by atoms with van der Waals surface area (Å²) in [6.45, 7) is 3.72. The number of anilines is 1. The first-order valence-corrected chi connectivity index (χ1v) is 8.70. The van der Waals surface area contributed by atoms with Gasteiger partial charge in [-0.3, -0.25) is 4.79 Å². The van der Waals surface area contributed by atoms with Crippen LogP contribution >= 0.6 is 28.1 Å². The Morgan fingerprint density at radius 3 is 2.64 bits per heavy atom. The number of hydrogen-bond acceptors (Lipinski definition) is 3. The lowest BCUT2D eigenvalue weighted by molar-refractivity contribution is 0.102. The minimum atomic E-state index is -0.615. The summed E-state index contributed by atoms with van der Waals surface area (Å²) >= 11 is 8.44. The quantitative estimate of drug-likeness (QED) is 0.660. The van der Waals surface area contributed by atoms with Gasteiger partial charge in [-0.1, -0.05) is 22.0 Å². The largest absolute Gasteiger partial charge is 0.484 e. The zero-order valence-electron chi connectivity index (χ0n) is 13.6. The number of nitrogens with one attached hydrogen (secondary N) is 1. The summed E-state index contributed by atoms with van der Waals surface area (Å²) in [5.74, 6) is -1.76. The predicted molar refractivity (Wildman–Crippen MR) is 101 cm³/mol. The van der Waals surface area contributed by atoms with E-state index in [9.17, 15) is 13.6 Å². The topological polar surface area (TPSA) is 38.3 Å². The van der Waals surface area contributed by atoms with Crippen LogP contribution in [-0.4, -0.2) is 17.1 Å². The number of hydrogen-bond donors (Lipinski definition) is 1. The smallest absolute Gasteiger partial charge is 0.255 e. The summed E-state index contributed by atoms with van der Waals surface area (Å²) in [4.78, 5) is 12.2. The molecule has 0 aliphatic heterocycles. The van der Waals surface area contributed by atoms with Gasteiger partial charge in [-0.05, 0) is 62.0 Å². The maximum atomic E-state index is 14.2. The second kappa shape index (κ2) is 8.49. The molecule has 0 atom stereocenters. The van der Waals surface area contributed by atoms with Gasteiger partial charge < -0.3 is 10.1 Å². The maximum absolute atomic E-state index is 14.2. The van der Waals surface area contributed by atoms with E-state index in [-0.39, 0.29) is 23.8 Å². The third-order valence-electron chi connectivity index (χ3n) is 3.17. The van der Waals surface area contributed by atoms with Crippen LogP contribution in [-0.2, 0) is 11.2 Å². The molecule has 2 aromatic carbocycles. The summed E-state index contributed by atoms with van der Waals surface area (Å²) in [6, 6.07) is 7.89. The summed E-state index contributed by atoms with van der Waals surface area (Å²) in [7, 11) is 0. The molecule has 0 aliphatic carbocycles. The minimum Gasteiger partial charge on any atom is -0.484 e. The van der Waals surface area contributed by atoms with Gasteiger partial charge in [0, 0.05) is 16.5 Å². The first-order chi connectivity index (χ1) is 11.8. The summed E-state index contributed by atoms with van der Waals surface area (Å²) < 4.78 is 33.3. The van der Waals surface area contributed by atoms with Crippen LogP contribution < -0.4 is 5.32 Å². The van der Waals surface area contributed by atoms with Crippen molar-refractivity contribution in [1.29, 1.82) is 0 Å². The van der Waals surface area contributed by atoms with E-state index in [1.54, 1.807) is 0 Å². The molecule has 0 bridgehead atoms. The molecule has 7 heteroatoms. The van der Waals surface area contributed by atoms with Crippen LogP contribution in [0.3, 0.4) is 0 Å². The van der Waals surface area contributed by atoms with Crippen LogP contribution in [0.1, 0.15) is 29.8 Å². The number of halogens is 3. The third kappa shape index (κ3) is 5.57. The van der Waals surface area contributed by atoms with Gasteiger partial charge >= 0.3 is 0 Å². The van der Waals surface area contributed by atoms with Crippen molar-refractivity contribution in [3.8, 4) is 0 Å². The number of benzene rings is 2. The van der Waals surface area contributed by atoms with E-state index in [1.807, 2.05) is 13.8 Å². The van der Waals surface area contributed by atoms with E-state index in [4.69, 9.17) is 17.0 Å². The molecule has 132 valence electrons. The fourth-order valence-corrected chi connectivity index (χ4v) is 2.91. The molecule has 0 aromatic heterocycles. The highest BCUT2D eigenvalue weighted by Gasteiger charge is 2.14. The Morgan fingerprint density at radius 1 is 1.28 bits per heavy atom. The average molecular weight is 428 g/mol. The molecule has 0 saturated carbocycles.